The first-order valence-corrected chi connectivity index (χ1v) is 11.4. The summed E-state index contributed by atoms with van der Waals surface area (Å²) < 4.78 is 60.2. The van der Waals surface area contributed by atoms with Crippen molar-refractivity contribution in [1.82, 2.24) is 0 Å². The van der Waals surface area contributed by atoms with Crippen molar-refractivity contribution < 1.29 is 26.4 Å². The Morgan fingerprint density at radius 1 is 1.04 bits per heavy atom. The maximum atomic E-state index is 13.3. The van der Waals surface area contributed by atoms with Crippen LogP contribution in [0.2, 0.25) is 0 Å². The van der Waals surface area contributed by atoms with E-state index in [1.54, 1.807) is 13.8 Å². The Labute approximate surface area is 158 Å². The van der Waals surface area contributed by atoms with Crippen molar-refractivity contribution in [2.45, 2.75) is 24.5 Å². The lowest BCUT2D eigenvalue weighted by Gasteiger charge is -2.28. The number of nitrogens with one attached hydrogen (secondary N) is 1. The van der Waals surface area contributed by atoms with Crippen molar-refractivity contribution >= 4 is 23.3 Å². The van der Waals surface area contributed by atoms with Gasteiger partial charge in [0.1, 0.15) is 5.82 Å². The molecule has 27 heavy (non-hydrogen) atoms. The van der Waals surface area contributed by atoms with E-state index in [1.165, 1.54) is 48.5 Å². The lowest BCUT2D eigenvalue weighted by atomic mass is 10.2. The number of hydrogen-bond acceptors (Lipinski definition) is 6. The summed E-state index contributed by atoms with van der Waals surface area (Å²) in [6.45, 7) is 3.69. The fourth-order valence-corrected chi connectivity index (χ4v) is 4.89. The molecule has 0 aliphatic rings. The maximum absolute atomic E-state index is 13.3. The second-order valence-corrected chi connectivity index (χ2v) is 9.22. The van der Waals surface area contributed by atoms with E-state index in [9.17, 15) is 17.4 Å². The topological polar surface area (TPSA) is 108 Å². The molecule has 0 saturated heterocycles. The van der Waals surface area contributed by atoms with Crippen LogP contribution in [0.1, 0.15) is 25.2 Å². The van der Waals surface area contributed by atoms with Gasteiger partial charge in [-0.05, 0) is 55.8 Å². The van der Waals surface area contributed by atoms with E-state index >= 15 is 0 Å². The summed E-state index contributed by atoms with van der Waals surface area (Å²) in [5, 5.41) is 8.13. The highest BCUT2D eigenvalue weighted by molar-refractivity contribution is 7.89. The van der Waals surface area contributed by atoms with E-state index in [0.29, 0.717) is 11.3 Å². The number of primary sulfonamides is 1. The maximum Gasteiger partial charge on any atom is 0.357 e. The van der Waals surface area contributed by atoms with Crippen LogP contribution in [0, 0.1) is 5.82 Å². The molecule has 0 heterocycles. The van der Waals surface area contributed by atoms with Gasteiger partial charge in [-0.3, -0.25) is 4.57 Å². The Balaban J connectivity index is 2.43. The zero-order chi connectivity index (χ0) is 20.1. The smallest absolute Gasteiger partial charge is 0.357 e. The van der Waals surface area contributed by atoms with Gasteiger partial charge in [0.15, 0.2) is 5.78 Å². The van der Waals surface area contributed by atoms with Crippen LogP contribution in [-0.4, -0.2) is 21.6 Å². The molecule has 0 aliphatic carbocycles. The molecule has 0 spiro atoms. The number of halogens is 1. The molecule has 7 nitrogen and oxygen atoms in total. The molecule has 3 N–H and O–H groups in total. The lowest BCUT2D eigenvalue weighted by Crippen LogP contribution is -2.16. The second-order valence-electron chi connectivity index (χ2n) is 5.54. The Morgan fingerprint density at radius 2 is 1.56 bits per heavy atom. The molecule has 1 atom stereocenters. The molecule has 2 aromatic rings. The minimum atomic E-state index is -3.82. The SMILES string of the molecule is CCOP(=O)(OCC)C(Nc1ccc(S(N)(=O)=O)cc1)c1ccc(F)cc1. The van der Waals surface area contributed by atoms with Gasteiger partial charge in [0, 0.05) is 5.69 Å². The molecular weight excluding hydrogens is 394 g/mol. The van der Waals surface area contributed by atoms with Gasteiger partial charge in [-0.2, -0.15) is 0 Å². The molecule has 0 amide bonds. The number of sulfonamides is 1. The van der Waals surface area contributed by atoms with Crippen LogP contribution in [0.4, 0.5) is 10.1 Å². The number of rotatable bonds is 9. The zero-order valence-corrected chi connectivity index (χ0v) is 16.7. The molecule has 0 bridgehead atoms. The molecule has 0 aliphatic heterocycles. The van der Waals surface area contributed by atoms with Crippen molar-refractivity contribution in [1.29, 1.82) is 0 Å². The summed E-state index contributed by atoms with van der Waals surface area (Å²) in [5.41, 5.74) is 0.966. The number of anilines is 1. The van der Waals surface area contributed by atoms with Gasteiger partial charge in [0.05, 0.1) is 18.1 Å². The Morgan fingerprint density at radius 3 is 2.00 bits per heavy atom. The van der Waals surface area contributed by atoms with E-state index in [2.05, 4.69) is 5.32 Å². The fraction of sp³-hybridized carbons (Fsp3) is 0.294. The zero-order valence-electron chi connectivity index (χ0n) is 15.0. The van der Waals surface area contributed by atoms with Gasteiger partial charge in [0.25, 0.3) is 0 Å². The third-order valence-corrected chi connectivity index (χ3v) is 6.83. The summed E-state index contributed by atoms with van der Waals surface area (Å²) in [5.74, 6) is -1.35. The molecule has 2 aromatic carbocycles. The predicted octanol–water partition coefficient (Wildman–Crippen LogP) is 3.85. The Kier molecular flexibility index (Phi) is 7.13. The van der Waals surface area contributed by atoms with Gasteiger partial charge in [-0.25, -0.2) is 17.9 Å². The van der Waals surface area contributed by atoms with Crippen molar-refractivity contribution in [3.8, 4) is 0 Å². The lowest BCUT2D eigenvalue weighted by molar-refractivity contribution is 0.214. The highest BCUT2D eigenvalue weighted by atomic mass is 32.2. The van der Waals surface area contributed by atoms with Crippen LogP contribution in [-0.2, 0) is 23.6 Å². The normalized spacial score (nSPS) is 13.3. The molecule has 2 rings (SSSR count). The van der Waals surface area contributed by atoms with Crippen molar-refractivity contribution in [3.05, 3.63) is 59.9 Å². The first-order chi connectivity index (χ1) is 12.7. The highest BCUT2D eigenvalue weighted by Gasteiger charge is 2.37. The fourth-order valence-electron chi connectivity index (χ4n) is 2.43. The largest absolute Gasteiger partial charge is 0.368 e. The van der Waals surface area contributed by atoms with Crippen LogP contribution in [0.3, 0.4) is 0 Å². The molecule has 148 valence electrons. The predicted molar refractivity (Wildman–Crippen MR) is 101 cm³/mol. The average Bonchev–Trinajstić information content (AvgIpc) is 2.60. The van der Waals surface area contributed by atoms with Crippen molar-refractivity contribution in [3.63, 3.8) is 0 Å². The molecular formula is C17H22FN2O5PS. The van der Waals surface area contributed by atoms with E-state index in [4.69, 9.17) is 14.2 Å². The third kappa shape index (κ3) is 5.60. The first-order valence-electron chi connectivity index (χ1n) is 8.23. The van der Waals surface area contributed by atoms with E-state index < -0.39 is 29.2 Å². The summed E-state index contributed by atoms with van der Waals surface area (Å²) in [4.78, 5) is -0.0517. The molecule has 0 radical (unpaired) electrons. The summed E-state index contributed by atoms with van der Waals surface area (Å²) >= 11 is 0. The average molecular weight is 416 g/mol. The number of nitrogens with two attached hydrogens (primary N) is 1. The Bertz CT molecular complexity index is 894. The van der Waals surface area contributed by atoms with E-state index in [0.717, 1.165) is 0 Å². The van der Waals surface area contributed by atoms with Crippen molar-refractivity contribution in [2.75, 3.05) is 18.5 Å². The van der Waals surface area contributed by atoms with E-state index in [-0.39, 0.29) is 18.1 Å². The van der Waals surface area contributed by atoms with Crippen LogP contribution in [0.25, 0.3) is 0 Å². The van der Waals surface area contributed by atoms with Crippen molar-refractivity contribution in [2.24, 2.45) is 5.14 Å². The third-order valence-electron chi connectivity index (χ3n) is 3.61. The molecule has 0 aromatic heterocycles. The van der Waals surface area contributed by atoms with Gasteiger partial charge in [-0.15, -0.1) is 0 Å². The van der Waals surface area contributed by atoms with Crippen LogP contribution in [0.15, 0.2) is 53.4 Å². The molecule has 10 heteroatoms. The number of benzene rings is 2. The van der Waals surface area contributed by atoms with Gasteiger partial charge in [0.2, 0.25) is 10.0 Å². The summed E-state index contributed by atoms with van der Waals surface area (Å²) in [6, 6.07) is 11.1. The second kappa shape index (κ2) is 8.95. The van der Waals surface area contributed by atoms with Gasteiger partial charge < -0.3 is 14.4 Å². The summed E-state index contributed by atoms with van der Waals surface area (Å²) in [7, 11) is -7.48. The number of hydrogen-bond donors (Lipinski definition) is 2. The standard InChI is InChI=1S/C17H22FN2O5PS/c1-3-24-26(21,25-4-2)17(13-5-7-14(18)8-6-13)20-15-9-11-16(12-10-15)27(19,22)23/h5-12,17,20H,3-4H2,1-2H3,(H2,19,22,23). The Hall–Kier alpha value is -1.77. The molecule has 0 fully saturated rings. The van der Waals surface area contributed by atoms with Crippen LogP contribution in [0.5, 0.6) is 0 Å². The minimum absolute atomic E-state index is 0.0517. The molecule has 1 unspecified atom stereocenters. The van der Waals surface area contributed by atoms with E-state index in [1.807, 2.05) is 0 Å². The quantitative estimate of drug-likeness (QED) is 0.601. The summed E-state index contributed by atoms with van der Waals surface area (Å²) in [6.07, 6.45) is 0. The first kappa shape index (κ1) is 21.5. The van der Waals surface area contributed by atoms with Crippen LogP contribution >= 0.6 is 7.60 Å². The minimum Gasteiger partial charge on any atom is -0.368 e. The highest BCUT2D eigenvalue weighted by Crippen LogP contribution is 2.60. The molecule has 0 saturated carbocycles. The van der Waals surface area contributed by atoms with Gasteiger partial charge >= 0.3 is 7.60 Å². The monoisotopic (exact) mass is 416 g/mol. The van der Waals surface area contributed by atoms with Gasteiger partial charge in [-0.1, -0.05) is 12.1 Å². The van der Waals surface area contributed by atoms with Crippen LogP contribution < -0.4 is 10.5 Å².